The van der Waals surface area contributed by atoms with Gasteiger partial charge in [0.15, 0.2) is 0 Å². The summed E-state index contributed by atoms with van der Waals surface area (Å²) in [6, 6.07) is 15.4. The largest absolute Gasteiger partial charge is 0.413 e. The number of anilines is 1. The smallest absolute Gasteiger partial charge is 0.410 e. The van der Waals surface area contributed by atoms with Crippen molar-refractivity contribution >= 4 is 17.7 Å². The van der Waals surface area contributed by atoms with Gasteiger partial charge in [0.05, 0.1) is 0 Å². The minimum absolute atomic E-state index is 0.311. The van der Waals surface area contributed by atoms with Gasteiger partial charge in [-0.15, -0.1) is 0 Å². The lowest BCUT2D eigenvalue weighted by molar-refractivity contribution is -0.117. The van der Waals surface area contributed by atoms with Crippen molar-refractivity contribution < 1.29 is 14.3 Å². The average Bonchev–Trinajstić information content (AvgIpc) is 2.50. The molecule has 114 valence electrons. The summed E-state index contributed by atoms with van der Waals surface area (Å²) < 4.78 is 5.07. The molecule has 0 radical (unpaired) electrons. The minimum atomic E-state index is -0.711. The molecular formula is C17H18N2O3. The summed E-state index contributed by atoms with van der Waals surface area (Å²) in [6.45, 7) is 3.56. The number of hydrogen-bond donors (Lipinski definition) is 2. The molecule has 22 heavy (non-hydrogen) atoms. The molecule has 0 bridgehead atoms. The van der Waals surface area contributed by atoms with Crippen molar-refractivity contribution in [1.29, 1.82) is 0 Å². The summed E-state index contributed by atoms with van der Waals surface area (Å²) in [5.74, 6) is 0.111. The third-order valence-electron chi connectivity index (χ3n) is 3.00. The Labute approximate surface area is 129 Å². The van der Waals surface area contributed by atoms with E-state index in [2.05, 4.69) is 10.6 Å². The molecule has 0 aliphatic rings. The molecule has 0 aromatic heterocycles. The quantitative estimate of drug-likeness (QED) is 0.911. The number of rotatable bonds is 4. The van der Waals surface area contributed by atoms with Crippen LogP contribution in [-0.4, -0.2) is 18.0 Å². The van der Waals surface area contributed by atoms with Crippen LogP contribution in [0.4, 0.5) is 10.5 Å². The Bertz CT molecular complexity index is 639. The third kappa shape index (κ3) is 4.63. The van der Waals surface area contributed by atoms with Crippen LogP contribution in [0.25, 0.3) is 0 Å². The summed E-state index contributed by atoms with van der Waals surface area (Å²) >= 11 is 0. The topological polar surface area (TPSA) is 67.4 Å². The highest BCUT2D eigenvalue weighted by atomic mass is 16.6. The zero-order valence-electron chi connectivity index (χ0n) is 12.5. The number of para-hydroxylation sites is 1. The molecule has 1 atom stereocenters. The number of aryl methyl sites for hydroxylation is 1. The molecule has 0 aliphatic heterocycles. The Balaban J connectivity index is 1.85. The van der Waals surface area contributed by atoms with E-state index in [9.17, 15) is 9.59 Å². The Morgan fingerprint density at radius 2 is 1.64 bits per heavy atom. The molecule has 2 aromatic carbocycles. The van der Waals surface area contributed by atoms with Gasteiger partial charge in [-0.05, 0) is 38.1 Å². The van der Waals surface area contributed by atoms with Crippen molar-refractivity contribution in [3.05, 3.63) is 60.2 Å². The molecular weight excluding hydrogens is 280 g/mol. The van der Waals surface area contributed by atoms with Gasteiger partial charge in [0.25, 0.3) is 0 Å². The molecule has 2 aromatic rings. The van der Waals surface area contributed by atoms with Crippen LogP contribution in [0.1, 0.15) is 12.5 Å². The van der Waals surface area contributed by atoms with Crippen LogP contribution >= 0.6 is 0 Å². The number of carbonyl (C=O) groups is 2. The van der Waals surface area contributed by atoms with Crippen LogP contribution in [0, 0.1) is 6.92 Å². The van der Waals surface area contributed by atoms with Crippen molar-refractivity contribution in [2.24, 2.45) is 0 Å². The van der Waals surface area contributed by atoms with E-state index >= 15 is 0 Å². The Kier molecular flexibility index (Phi) is 5.14. The lowest BCUT2D eigenvalue weighted by Crippen LogP contribution is -2.42. The molecule has 0 aliphatic carbocycles. The zero-order valence-corrected chi connectivity index (χ0v) is 12.5. The van der Waals surface area contributed by atoms with Gasteiger partial charge < -0.3 is 15.4 Å². The lowest BCUT2D eigenvalue weighted by atomic mass is 10.2. The maximum atomic E-state index is 12.0. The molecule has 5 heteroatoms. The normalized spacial score (nSPS) is 11.4. The predicted octanol–water partition coefficient (Wildman–Crippen LogP) is 3.11. The standard InChI is InChI=1S/C17H18N2O3/c1-12-8-10-14(11-9-12)19-16(20)13(2)18-17(21)22-15-6-4-3-5-7-15/h3-11,13H,1-2H3,(H,18,21)(H,19,20)/t13-/m0/s1. The fourth-order valence-electron chi connectivity index (χ4n) is 1.75. The van der Waals surface area contributed by atoms with E-state index in [4.69, 9.17) is 4.74 Å². The number of benzene rings is 2. The summed E-state index contributed by atoms with van der Waals surface area (Å²) in [5, 5.41) is 5.22. The molecule has 0 fully saturated rings. The predicted molar refractivity (Wildman–Crippen MR) is 84.9 cm³/mol. The molecule has 0 saturated heterocycles. The summed E-state index contributed by atoms with van der Waals surface area (Å²) in [5.41, 5.74) is 1.79. The molecule has 2 N–H and O–H groups in total. The fourth-order valence-corrected chi connectivity index (χ4v) is 1.75. The van der Waals surface area contributed by atoms with Crippen molar-refractivity contribution in [2.75, 3.05) is 5.32 Å². The second-order valence-electron chi connectivity index (χ2n) is 4.92. The van der Waals surface area contributed by atoms with Crippen LogP contribution in [-0.2, 0) is 4.79 Å². The van der Waals surface area contributed by atoms with Crippen molar-refractivity contribution in [3.8, 4) is 5.75 Å². The second kappa shape index (κ2) is 7.26. The second-order valence-corrected chi connectivity index (χ2v) is 4.92. The fraction of sp³-hybridized carbons (Fsp3) is 0.176. The summed E-state index contributed by atoms with van der Waals surface area (Å²) in [6.07, 6.45) is -0.669. The highest BCUT2D eigenvalue weighted by Crippen LogP contribution is 2.10. The van der Waals surface area contributed by atoms with E-state index in [1.54, 1.807) is 31.2 Å². The van der Waals surface area contributed by atoms with E-state index in [-0.39, 0.29) is 5.91 Å². The van der Waals surface area contributed by atoms with Crippen LogP contribution < -0.4 is 15.4 Å². The van der Waals surface area contributed by atoms with Crippen LogP contribution in [0.3, 0.4) is 0 Å². The third-order valence-corrected chi connectivity index (χ3v) is 3.00. The molecule has 2 amide bonds. The van der Waals surface area contributed by atoms with Gasteiger partial charge >= 0.3 is 6.09 Å². The van der Waals surface area contributed by atoms with E-state index in [1.165, 1.54) is 0 Å². The van der Waals surface area contributed by atoms with Crippen LogP contribution in [0.2, 0.25) is 0 Å². The van der Waals surface area contributed by atoms with Gasteiger partial charge in [0, 0.05) is 5.69 Å². The monoisotopic (exact) mass is 298 g/mol. The number of hydrogen-bond acceptors (Lipinski definition) is 3. The van der Waals surface area contributed by atoms with Crippen LogP contribution in [0.5, 0.6) is 5.75 Å². The maximum Gasteiger partial charge on any atom is 0.413 e. The summed E-state index contributed by atoms with van der Waals surface area (Å²) in [4.78, 5) is 23.7. The highest BCUT2D eigenvalue weighted by molar-refractivity contribution is 5.96. The van der Waals surface area contributed by atoms with Gasteiger partial charge in [0.1, 0.15) is 11.8 Å². The van der Waals surface area contributed by atoms with E-state index in [0.29, 0.717) is 11.4 Å². The SMILES string of the molecule is Cc1ccc(NC(=O)[C@H](C)NC(=O)Oc2ccccc2)cc1. The van der Waals surface area contributed by atoms with Gasteiger partial charge in [-0.25, -0.2) is 4.79 Å². The van der Waals surface area contributed by atoms with Crippen LogP contribution in [0.15, 0.2) is 54.6 Å². The molecule has 0 saturated carbocycles. The first-order chi connectivity index (χ1) is 10.5. The van der Waals surface area contributed by atoms with E-state index < -0.39 is 12.1 Å². The van der Waals surface area contributed by atoms with Crippen molar-refractivity contribution in [1.82, 2.24) is 5.32 Å². The molecule has 0 unspecified atom stereocenters. The van der Waals surface area contributed by atoms with Gasteiger partial charge in [-0.3, -0.25) is 4.79 Å². The lowest BCUT2D eigenvalue weighted by Gasteiger charge is -2.14. The summed E-state index contributed by atoms with van der Waals surface area (Å²) in [7, 11) is 0. The Hall–Kier alpha value is -2.82. The molecule has 5 nitrogen and oxygen atoms in total. The maximum absolute atomic E-state index is 12.0. The Morgan fingerprint density at radius 3 is 2.27 bits per heavy atom. The van der Waals surface area contributed by atoms with Crippen molar-refractivity contribution in [3.63, 3.8) is 0 Å². The Morgan fingerprint density at radius 1 is 1.00 bits per heavy atom. The first-order valence-corrected chi connectivity index (χ1v) is 6.95. The first-order valence-electron chi connectivity index (χ1n) is 6.95. The zero-order chi connectivity index (χ0) is 15.9. The van der Waals surface area contributed by atoms with Crippen molar-refractivity contribution in [2.45, 2.75) is 19.9 Å². The molecule has 0 spiro atoms. The average molecular weight is 298 g/mol. The van der Waals surface area contributed by atoms with E-state index in [1.807, 2.05) is 37.3 Å². The minimum Gasteiger partial charge on any atom is -0.410 e. The first kappa shape index (κ1) is 15.6. The highest BCUT2D eigenvalue weighted by Gasteiger charge is 2.16. The number of ether oxygens (including phenoxy) is 1. The molecule has 0 heterocycles. The van der Waals surface area contributed by atoms with Gasteiger partial charge in [0.2, 0.25) is 5.91 Å². The van der Waals surface area contributed by atoms with E-state index in [0.717, 1.165) is 5.56 Å². The number of carbonyl (C=O) groups excluding carboxylic acids is 2. The number of amides is 2. The number of nitrogens with one attached hydrogen (secondary N) is 2. The van der Waals surface area contributed by atoms with Gasteiger partial charge in [-0.1, -0.05) is 35.9 Å². The molecule has 2 rings (SSSR count). The van der Waals surface area contributed by atoms with Gasteiger partial charge in [-0.2, -0.15) is 0 Å².